The number of likely N-dealkylation sites (N-methyl/N-ethyl adjacent to an activating group) is 2. The van der Waals surface area contributed by atoms with Crippen molar-refractivity contribution in [1.29, 1.82) is 0 Å². The molecule has 7 aliphatic heterocycles. The van der Waals surface area contributed by atoms with Crippen LogP contribution in [-0.2, 0) is 79.6 Å². The zero-order valence-electron chi connectivity index (χ0n) is 55.0. The van der Waals surface area contributed by atoms with Crippen LogP contribution in [0.2, 0.25) is 0 Å². The number of benzene rings is 2. The maximum absolute atomic E-state index is 13.2. The molecule has 0 radical (unpaired) electrons. The molecule has 2 aliphatic carbocycles. The van der Waals surface area contributed by atoms with Crippen molar-refractivity contribution in [2.45, 2.75) is 255 Å². The zero-order chi connectivity index (χ0) is 72.1. The zero-order valence-corrected chi connectivity index (χ0v) is 55.0. The second-order valence-corrected chi connectivity index (χ2v) is 26.5. The Hall–Kier alpha value is -5.36. The van der Waals surface area contributed by atoms with Crippen molar-refractivity contribution < 1.29 is 137 Å². The van der Waals surface area contributed by atoms with Gasteiger partial charge in [0.05, 0.1) is 74.3 Å². The minimum Gasteiger partial charge on any atom is -0.445 e. The van der Waals surface area contributed by atoms with E-state index in [-0.39, 0.29) is 52.9 Å². The number of carbonyl (C=O) groups is 4. The Bertz CT molecular complexity index is 2970. The molecule has 11 rings (SSSR count). The third kappa shape index (κ3) is 18.0. The summed E-state index contributed by atoms with van der Waals surface area (Å²) < 4.78 is 76.8. The van der Waals surface area contributed by atoms with Gasteiger partial charge in [-0.15, -0.1) is 0 Å². The van der Waals surface area contributed by atoms with Gasteiger partial charge in [0, 0.05) is 25.0 Å². The highest BCUT2D eigenvalue weighted by Crippen LogP contribution is 2.43. The average molecular weight is 1450 g/mol. The minimum atomic E-state index is -1.67. The highest BCUT2D eigenvalue weighted by atomic mass is 16.8. The van der Waals surface area contributed by atoms with Gasteiger partial charge in [0.15, 0.2) is 43.8 Å². The number of ether oxygens (including phenoxy) is 13. The number of rotatable bonds is 19. The summed E-state index contributed by atoms with van der Waals surface area (Å²) in [5.41, 5.74) is 30.9. The second-order valence-electron chi connectivity index (χ2n) is 26.5. The van der Waals surface area contributed by atoms with Crippen LogP contribution >= 0.6 is 0 Å². The van der Waals surface area contributed by atoms with Crippen molar-refractivity contribution in [1.82, 2.24) is 26.2 Å². The number of hydrogen-bond donors (Lipinski definition) is 20. The average Bonchev–Trinajstić information content (AvgIpc) is 1.69. The number of aliphatic hydroxyl groups excluding tert-OH is 11. The van der Waals surface area contributed by atoms with Crippen LogP contribution in [-0.4, -0.2) is 321 Å². The molecule has 18 unspecified atom stereocenters. The van der Waals surface area contributed by atoms with E-state index in [0.29, 0.717) is 0 Å². The van der Waals surface area contributed by atoms with Gasteiger partial charge in [-0.05, 0) is 43.9 Å². The van der Waals surface area contributed by atoms with E-state index in [9.17, 15) is 75.3 Å². The van der Waals surface area contributed by atoms with E-state index in [0.717, 1.165) is 11.1 Å². The van der Waals surface area contributed by atoms with Crippen LogP contribution < -0.4 is 49.9 Å². The van der Waals surface area contributed by atoms with Gasteiger partial charge in [0.25, 0.3) is 0 Å². The number of carbonyl (C=O) groups excluding carboxylic acids is 4. The van der Waals surface area contributed by atoms with Gasteiger partial charge in [-0.3, -0.25) is 9.69 Å². The molecule has 2 aromatic carbocycles. The van der Waals surface area contributed by atoms with Crippen LogP contribution in [0.3, 0.4) is 0 Å². The van der Waals surface area contributed by atoms with Crippen molar-refractivity contribution in [2.75, 3.05) is 33.9 Å². The van der Waals surface area contributed by atoms with Gasteiger partial charge in [-0.2, -0.15) is 0 Å². The van der Waals surface area contributed by atoms with Crippen molar-refractivity contribution in [2.24, 2.45) is 34.6 Å². The number of fused-ring (bicyclic) bond motifs is 4. The first-order chi connectivity index (χ1) is 47.7. The largest absolute Gasteiger partial charge is 0.445 e. The number of amides is 4. The molecule has 0 spiro atoms. The lowest BCUT2D eigenvalue weighted by Gasteiger charge is -2.51. The predicted molar refractivity (Wildman–Crippen MR) is 341 cm³/mol. The van der Waals surface area contributed by atoms with Crippen LogP contribution in [0.5, 0.6) is 0 Å². The molecule has 570 valence electrons. The molecule has 101 heavy (non-hydrogen) atoms. The summed E-state index contributed by atoms with van der Waals surface area (Å²) in [4.78, 5) is 52.0. The maximum Gasteiger partial charge on any atom is 0.410 e. The molecule has 7 saturated heterocycles. The molecule has 0 bridgehead atoms. The lowest BCUT2D eigenvalue weighted by atomic mass is 9.83. The first-order valence-electron chi connectivity index (χ1n) is 33.2. The normalized spacial score (nSPS) is 43.5. The van der Waals surface area contributed by atoms with Gasteiger partial charge < -0.3 is 168 Å². The lowest BCUT2D eigenvalue weighted by Crippen LogP contribution is -2.70. The summed E-state index contributed by atoms with van der Waals surface area (Å²) in [7, 11) is 2.99. The summed E-state index contributed by atoms with van der Waals surface area (Å²) in [5.74, 6) is -1.10. The van der Waals surface area contributed by atoms with Crippen LogP contribution in [0.1, 0.15) is 51.2 Å². The second kappa shape index (κ2) is 35.2. The monoisotopic (exact) mass is 1440 g/mol. The molecule has 25 N–H and O–H groups in total. The van der Waals surface area contributed by atoms with Crippen molar-refractivity contribution in [3.8, 4) is 0 Å². The van der Waals surface area contributed by atoms with Crippen molar-refractivity contribution >= 4 is 24.2 Å². The quantitative estimate of drug-likeness (QED) is 0.0581. The Kier molecular flexibility index (Phi) is 27.8. The third-order valence-electron chi connectivity index (χ3n) is 19.7. The molecule has 38 heteroatoms. The number of nitrogens with one attached hydrogen (secondary N) is 4. The van der Waals surface area contributed by atoms with Crippen molar-refractivity contribution in [3.05, 3.63) is 71.8 Å². The van der Waals surface area contributed by atoms with E-state index in [1.54, 1.807) is 55.5 Å². The molecule has 2 aromatic rings. The fraction of sp³-hybridized carbons (Fsp3) is 0.746. The Labute approximate surface area is 581 Å². The molecule has 2 saturated carbocycles. The number of alkyl carbamates (subject to hydrolysis) is 2. The van der Waals surface area contributed by atoms with Gasteiger partial charge in [0.1, 0.15) is 105 Å². The van der Waals surface area contributed by atoms with Crippen LogP contribution in [0.15, 0.2) is 60.7 Å². The molecule has 0 aromatic heterocycles. The third-order valence-corrected chi connectivity index (χ3v) is 19.7. The van der Waals surface area contributed by atoms with Crippen LogP contribution in [0.25, 0.3) is 0 Å². The predicted octanol–water partition coefficient (Wildman–Crippen LogP) is -8.03. The Morgan fingerprint density at radius 2 is 1.07 bits per heavy atom. The Balaban J connectivity index is 0.000000249. The van der Waals surface area contributed by atoms with Gasteiger partial charge in [-0.1, -0.05) is 75.0 Å². The SMILES string of the molecule is C.CC1C[C@@H]2OC(O[C@H]3OC(CO)[C@@H](N)[C@H](O)C3O)C3C(OC(=O)N3C)C2O[C@@H]1O[C@@H]1C(NC(=O)OCc2ccccc2)C[C@@H](NC(=O)OCc2ccccc2)C(O)[C@H]1O.CNC1C(O[C@H]2OC(CO)[C@@H](NC(=O)CN)[C@H](O)C2O)O[C@H]2CC(N)[C@@H](O[C@@H]3C(N)C[C@@H](N)C(O)[C@H]3O)OC2C1O. The van der Waals surface area contributed by atoms with Gasteiger partial charge in [0.2, 0.25) is 5.91 Å². The first-order valence-corrected chi connectivity index (χ1v) is 33.2. The molecular weight excluding hydrogens is 1340 g/mol. The number of aliphatic hydroxyl groups is 11. The van der Waals surface area contributed by atoms with E-state index < -0.39 is 245 Å². The summed E-state index contributed by atoms with van der Waals surface area (Å²) in [6.45, 7) is 0.122. The fourth-order valence-corrected chi connectivity index (χ4v) is 14.0. The van der Waals surface area contributed by atoms with Gasteiger partial charge >= 0.3 is 18.3 Å². The molecule has 7 heterocycles. The number of nitrogens with zero attached hydrogens (tertiary/aromatic N) is 1. The summed E-state index contributed by atoms with van der Waals surface area (Å²) in [6, 6.07) is 9.46. The summed E-state index contributed by atoms with van der Waals surface area (Å²) >= 11 is 0. The highest BCUT2D eigenvalue weighted by Gasteiger charge is 2.62. The van der Waals surface area contributed by atoms with E-state index in [1.165, 1.54) is 19.0 Å². The minimum absolute atomic E-state index is 0. The van der Waals surface area contributed by atoms with Crippen LogP contribution in [0, 0.1) is 5.92 Å². The molecule has 9 fully saturated rings. The van der Waals surface area contributed by atoms with E-state index >= 15 is 0 Å². The molecule has 9 aliphatic rings. The lowest BCUT2D eigenvalue weighted by molar-refractivity contribution is -0.375. The number of nitrogens with two attached hydrogens (primary N) is 5. The highest BCUT2D eigenvalue weighted by molar-refractivity contribution is 5.78. The van der Waals surface area contributed by atoms with E-state index in [4.69, 9.17) is 90.2 Å². The first kappa shape index (κ1) is 79.8. The van der Waals surface area contributed by atoms with E-state index in [2.05, 4.69) is 21.3 Å². The molecular formula is C63H100N10O28. The molecule has 34 atom stereocenters. The summed E-state index contributed by atoms with van der Waals surface area (Å²) in [6.07, 6.45) is -32.2. The van der Waals surface area contributed by atoms with Gasteiger partial charge in [-0.25, -0.2) is 14.4 Å². The standard InChI is InChI=1S/C39H52N4O16.C23H44N6O12.CH4/c1-18-13-23-32(33-26(43(2)39(51)58-33)35(54-23)59-36-30(48)28(46)25(40)24(15-44)55-36)57-34(18)56-31-22(42-38(50)53-17-20-11-7-4-8-12-20)14-21(27(45)29(31)47)41-37(49)52-16-19-9-5-3-6-10-19;1-28-13-16(34)20-9(3-8(27)21(40-20)39-19-7(26)2-6(25)14(32)17(19)35)37-22(13)41-23-18(36)15(33)12(10(5-30)38-23)29-11(31)4-24;/h3-12,18,21-36,44-48H,13-17,40H2,1-2H3,(H,41,49)(H,42,50);6-10,12-23,28,30,32-36H,2-5,24-27H2,1H3,(H,29,31);1H4/t18?,21-,22?,23+,24?,25-,26?,27?,28+,29-,30?,31-,32?,33?,34+,35?,36-;6-,7?,8?,9+,10?,12-,13?,14?,15+,16?,17-,18?,19-,20?,21+,22?,23-;/m11./s1. The topological polar surface area (TPSA) is 592 Å². The van der Waals surface area contributed by atoms with Crippen molar-refractivity contribution in [3.63, 3.8) is 0 Å². The molecule has 38 nitrogen and oxygen atoms in total. The fourth-order valence-electron chi connectivity index (χ4n) is 14.0. The molecule has 4 amide bonds. The Morgan fingerprint density at radius 1 is 0.525 bits per heavy atom. The summed E-state index contributed by atoms with van der Waals surface area (Å²) in [5, 5.41) is 127. The smallest absolute Gasteiger partial charge is 0.410 e. The van der Waals surface area contributed by atoms with Crippen LogP contribution in [0.4, 0.5) is 14.4 Å². The number of hydrogen-bond acceptors (Lipinski definition) is 34. The Morgan fingerprint density at radius 3 is 1.67 bits per heavy atom. The maximum atomic E-state index is 13.2. The van der Waals surface area contributed by atoms with E-state index in [1.807, 2.05) is 12.1 Å².